The molecule has 0 unspecified atom stereocenters. The number of aliphatic hydroxyl groups excluding tert-OH is 1. The Labute approximate surface area is 263 Å². The van der Waals surface area contributed by atoms with E-state index in [1.807, 2.05) is 91.0 Å². The number of carbonyl (C=O) groups is 1. The number of nitrogens with one attached hydrogen (secondary N) is 1. The average Bonchev–Trinajstić information content (AvgIpc) is 3.07. The molecule has 2 fully saturated rings. The Morgan fingerprint density at radius 2 is 1.52 bits per heavy atom. The van der Waals surface area contributed by atoms with Gasteiger partial charge in [0.05, 0.1) is 24.4 Å². The number of carbonyl (C=O) groups excluding carboxylic acids is 1. The van der Waals surface area contributed by atoms with Crippen LogP contribution in [0.25, 0.3) is 0 Å². The predicted octanol–water partition coefficient (Wildman–Crippen LogP) is 6.61. The highest BCUT2D eigenvalue weighted by molar-refractivity contribution is 6.30. The van der Waals surface area contributed by atoms with Crippen LogP contribution < -0.4 is 5.32 Å². The van der Waals surface area contributed by atoms with Crippen molar-refractivity contribution in [2.45, 2.75) is 50.0 Å². The Hall–Kier alpha value is -3.56. The lowest BCUT2D eigenvalue weighted by molar-refractivity contribution is -0.253. The molecule has 2 aliphatic rings. The van der Waals surface area contributed by atoms with Gasteiger partial charge in [0.25, 0.3) is 5.91 Å². The van der Waals surface area contributed by atoms with Gasteiger partial charge in [-0.3, -0.25) is 4.79 Å². The van der Waals surface area contributed by atoms with Crippen LogP contribution in [0.2, 0.25) is 5.02 Å². The Morgan fingerprint density at radius 1 is 0.864 bits per heavy atom. The highest BCUT2D eigenvalue weighted by Gasteiger charge is 2.37. The molecule has 6 rings (SSSR count). The van der Waals surface area contributed by atoms with Crippen LogP contribution in [-0.4, -0.2) is 46.8 Å². The molecule has 0 aliphatic carbocycles. The number of hydrogen-bond acceptors (Lipinski definition) is 6. The maximum absolute atomic E-state index is 12.6. The Bertz CT molecular complexity index is 1520. The van der Waals surface area contributed by atoms with E-state index in [0.29, 0.717) is 42.1 Å². The van der Waals surface area contributed by atoms with Crippen LogP contribution in [-0.2, 0) is 21.7 Å². The molecular weight excluding hydrogens is 576 g/mol. The van der Waals surface area contributed by atoms with E-state index in [0.717, 1.165) is 35.3 Å². The largest absolute Gasteiger partial charge is 0.392 e. The minimum absolute atomic E-state index is 0.00927. The van der Waals surface area contributed by atoms with Crippen molar-refractivity contribution in [3.05, 3.63) is 136 Å². The number of anilines is 1. The minimum Gasteiger partial charge on any atom is -0.392 e. The van der Waals surface area contributed by atoms with Gasteiger partial charge >= 0.3 is 0 Å². The number of piperidine rings is 1. The van der Waals surface area contributed by atoms with E-state index in [1.165, 1.54) is 0 Å². The lowest BCUT2D eigenvalue weighted by atomic mass is 9.84. The number of halogens is 1. The van der Waals surface area contributed by atoms with Crippen molar-refractivity contribution in [1.29, 1.82) is 0 Å². The Morgan fingerprint density at radius 3 is 2.18 bits per heavy atom. The Balaban J connectivity index is 1.14. The molecule has 0 radical (unpaired) electrons. The summed E-state index contributed by atoms with van der Waals surface area (Å²) >= 11 is 6.06. The summed E-state index contributed by atoms with van der Waals surface area (Å²) in [6, 6.07) is 32.0. The summed E-state index contributed by atoms with van der Waals surface area (Å²) in [7, 11) is 0. The topological polar surface area (TPSA) is 91.3 Å². The number of amides is 1. The maximum Gasteiger partial charge on any atom is 0.255 e. The van der Waals surface area contributed by atoms with Gasteiger partial charge < -0.3 is 29.9 Å². The fraction of sp³-hybridized carbons (Fsp3) is 0.306. The van der Waals surface area contributed by atoms with Gasteiger partial charge in [-0.15, -0.1) is 0 Å². The van der Waals surface area contributed by atoms with Gasteiger partial charge in [-0.25, -0.2) is 0 Å². The molecule has 8 heteroatoms. The summed E-state index contributed by atoms with van der Waals surface area (Å²) in [6.45, 7) is 2.20. The lowest BCUT2D eigenvalue weighted by Gasteiger charge is -2.42. The third kappa shape index (κ3) is 7.21. The minimum atomic E-state index is -0.866. The molecule has 7 nitrogen and oxygen atoms in total. The SMILES string of the molecule is O=C(Nc1ccc([C@@H]2O[C@H](CN3CCC(O)(c4ccc(Cl)cc4)CC3)C[C@H](c3ccc(CO)cc3)O2)cc1)c1ccccc1. The smallest absolute Gasteiger partial charge is 0.255 e. The fourth-order valence-corrected chi connectivity index (χ4v) is 6.12. The van der Waals surface area contributed by atoms with Crippen LogP contribution in [0.1, 0.15) is 64.3 Å². The van der Waals surface area contributed by atoms with Gasteiger partial charge in [-0.1, -0.05) is 78.3 Å². The highest BCUT2D eigenvalue weighted by Crippen LogP contribution is 2.39. The van der Waals surface area contributed by atoms with Gasteiger partial charge in [-0.2, -0.15) is 0 Å². The fourth-order valence-electron chi connectivity index (χ4n) is 5.99. The molecule has 3 atom stereocenters. The summed E-state index contributed by atoms with van der Waals surface area (Å²) in [6.07, 6.45) is 1.05. The third-order valence-corrected chi connectivity index (χ3v) is 8.87. The summed E-state index contributed by atoms with van der Waals surface area (Å²) in [4.78, 5) is 15.0. The molecule has 2 heterocycles. The zero-order valence-electron chi connectivity index (χ0n) is 24.4. The second-order valence-electron chi connectivity index (χ2n) is 11.6. The number of aliphatic hydroxyl groups is 2. The summed E-state index contributed by atoms with van der Waals surface area (Å²) < 4.78 is 13.0. The molecule has 4 aromatic carbocycles. The molecule has 2 aliphatic heterocycles. The number of likely N-dealkylation sites (tertiary alicyclic amines) is 1. The second-order valence-corrected chi connectivity index (χ2v) is 12.1. The van der Waals surface area contributed by atoms with Crippen molar-refractivity contribution in [1.82, 2.24) is 4.90 Å². The standard InChI is InChI=1S/C36H37ClN2O5/c37-30-14-12-29(13-15-30)36(42)18-20-39(21-19-36)23-32-22-33(26-8-6-25(24-40)7-9-26)44-35(43-32)28-10-16-31(17-11-28)38-34(41)27-4-2-1-3-5-27/h1-17,32-33,35,40,42H,18-24H2,(H,38,41)/t32-,33+,35+/m0/s1. The van der Waals surface area contributed by atoms with E-state index < -0.39 is 11.9 Å². The van der Waals surface area contributed by atoms with Crippen LogP contribution >= 0.6 is 11.6 Å². The first-order valence-electron chi connectivity index (χ1n) is 15.1. The first kappa shape index (κ1) is 30.5. The Kier molecular flexibility index (Phi) is 9.42. The van der Waals surface area contributed by atoms with E-state index in [2.05, 4.69) is 10.2 Å². The van der Waals surface area contributed by atoms with Crippen molar-refractivity contribution in [3.8, 4) is 0 Å². The van der Waals surface area contributed by atoms with Crippen molar-refractivity contribution >= 4 is 23.2 Å². The van der Waals surface area contributed by atoms with Crippen LogP contribution in [0, 0.1) is 0 Å². The van der Waals surface area contributed by atoms with Crippen molar-refractivity contribution in [2.24, 2.45) is 0 Å². The molecule has 1 amide bonds. The molecular formula is C36H37ClN2O5. The van der Waals surface area contributed by atoms with E-state index in [4.69, 9.17) is 21.1 Å². The zero-order chi connectivity index (χ0) is 30.5. The van der Waals surface area contributed by atoms with E-state index in [-0.39, 0.29) is 24.7 Å². The quantitative estimate of drug-likeness (QED) is 0.207. The molecule has 0 bridgehead atoms. The van der Waals surface area contributed by atoms with E-state index in [9.17, 15) is 15.0 Å². The zero-order valence-corrected chi connectivity index (χ0v) is 25.2. The predicted molar refractivity (Wildman–Crippen MR) is 170 cm³/mol. The molecule has 4 aromatic rings. The van der Waals surface area contributed by atoms with Crippen LogP contribution in [0.4, 0.5) is 5.69 Å². The number of ether oxygens (including phenoxy) is 2. The monoisotopic (exact) mass is 612 g/mol. The average molecular weight is 613 g/mol. The van der Waals surface area contributed by atoms with E-state index in [1.54, 1.807) is 12.1 Å². The number of hydrogen-bond donors (Lipinski definition) is 3. The first-order chi connectivity index (χ1) is 21.4. The van der Waals surface area contributed by atoms with E-state index >= 15 is 0 Å². The van der Waals surface area contributed by atoms with Gasteiger partial charge in [0.15, 0.2) is 6.29 Å². The molecule has 0 aromatic heterocycles. The second kappa shape index (κ2) is 13.6. The molecule has 0 spiro atoms. The van der Waals surface area contributed by atoms with Crippen molar-refractivity contribution < 1.29 is 24.5 Å². The maximum atomic E-state index is 12.6. The van der Waals surface area contributed by atoms with Crippen LogP contribution in [0.3, 0.4) is 0 Å². The van der Waals surface area contributed by atoms with Gasteiger partial charge in [0.1, 0.15) is 0 Å². The highest BCUT2D eigenvalue weighted by atomic mass is 35.5. The summed E-state index contributed by atoms with van der Waals surface area (Å²) in [5.74, 6) is -0.167. The third-order valence-electron chi connectivity index (χ3n) is 8.62. The van der Waals surface area contributed by atoms with Crippen LogP contribution in [0.5, 0.6) is 0 Å². The summed E-state index contributed by atoms with van der Waals surface area (Å²) in [5, 5.41) is 24.5. The van der Waals surface area contributed by atoms with Crippen molar-refractivity contribution in [3.63, 3.8) is 0 Å². The van der Waals surface area contributed by atoms with Gasteiger partial charge in [0, 0.05) is 47.9 Å². The molecule has 2 saturated heterocycles. The summed E-state index contributed by atoms with van der Waals surface area (Å²) in [5.41, 5.74) is 4.06. The van der Waals surface area contributed by atoms with Crippen LogP contribution in [0.15, 0.2) is 103 Å². The normalized spacial score (nSPS) is 21.9. The molecule has 228 valence electrons. The lowest BCUT2D eigenvalue weighted by Crippen LogP contribution is -2.46. The number of benzene rings is 4. The van der Waals surface area contributed by atoms with Crippen molar-refractivity contribution in [2.75, 3.05) is 25.0 Å². The van der Waals surface area contributed by atoms with Gasteiger partial charge in [-0.05, 0) is 65.9 Å². The molecule has 0 saturated carbocycles. The molecule has 3 N–H and O–H groups in total. The van der Waals surface area contributed by atoms with Gasteiger partial charge in [0.2, 0.25) is 0 Å². The number of rotatable bonds is 8. The number of nitrogens with zero attached hydrogens (tertiary/aromatic N) is 1. The molecule has 44 heavy (non-hydrogen) atoms. The first-order valence-corrected chi connectivity index (χ1v) is 15.4.